The smallest absolute Gasteiger partial charge is 0.410 e. The maximum atomic E-state index is 12.0. The van der Waals surface area contributed by atoms with Gasteiger partial charge in [-0.25, -0.2) is 4.79 Å². The third kappa shape index (κ3) is 4.75. The molecule has 0 aliphatic carbocycles. The molecule has 2 unspecified atom stereocenters. The first-order chi connectivity index (χ1) is 13.0. The predicted octanol–water partition coefficient (Wildman–Crippen LogP) is 5.21. The number of nitrogens with zero attached hydrogens (tertiary/aromatic N) is 2. The van der Waals surface area contributed by atoms with Crippen LogP contribution in [-0.2, 0) is 17.6 Å². The zero-order chi connectivity index (χ0) is 19.4. The highest BCUT2D eigenvalue weighted by Crippen LogP contribution is 2.36. The Bertz CT molecular complexity index is 746. The van der Waals surface area contributed by atoms with Crippen molar-refractivity contribution in [3.8, 4) is 0 Å². The molecule has 4 nitrogen and oxygen atoms in total. The van der Waals surface area contributed by atoms with Crippen LogP contribution < -0.4 is 4.90 Å². The Morgan fingerprint density at radius 2 is 1.59 bits per heavy atom. The highest BCUT2D eigenvalue weighted by molar-refractivity contribution is 6.19. The molecule has 1 amide bonds. The lowest BCUT2D eigenvalue weighted by molar-refractivity contribution is 0.100. The van der Waals surface area contributed by atoms with Gasteiger partial charge in [-0.3, -0.25) is 0 Å². The number of para-hydroxylation sites is 2. The molecule has 5 heteroatoms. The molecule has 1 aliphatic heterocycles. The fraction of sp³-hybridized carbons (Fsp3) is 0.409. The van der Waals surface area contributed by atoms with Crippen LogP contribution in [0.5, 0.6) is 0 Å². The quantitative estimate of drug-likeness (QED) is 0.661. The van der Waals surface area contributed by atoms with E-state index in [0.29, 0.717) is 6.54 Å². The zero-order valence-corrected chi connectivity index (χ0v) is 16.9. The van der Waals surface area contributed by atoms with E-state index < -0.39 is 5.56 Å². The molecule has 2 atom stereocenters. The van der Waals surface area contributed by atoms with E-state index in [1.54, 1.807) is 18.9 Å². The summed E-state index contributed by atoms with van der Waals surface area (Å²) in [4.78, 5) is 16.0. The summed E-state index contributed by atoms with van der Waals surface area (Å²) < 4.78 is 5.07. The minimum atomic E-state index is -0.625. The summed E-state index contributed by atoms with van der Waals surface area (Å²) in [6, 6.07) is 17.2. The molecule has 0 aromatic heterocycles. The van der Waals surface area contributed by atoms with Crippen molar-refractivity contribution >= 4 is 29.1 Å². The van der Waals surface area contributed by atoms with Crippen LogP contribution in [0.2, 0.25) is 0 Å². The second kappa shape index (κ2) is 8.66. The molecule has 0 saturated carbocycles. The van der Waals surface area contributed by atoms with Crippen LogP contribution in [0.4, 0.5) is 16.2 Å². The summed E-state index contributed by atoms with van der Waals surface area (Å²) in [6.07, 6.45) is 1.69. The first-order valence-corrected chi connectivity index (χ1v) is 9.88. The van der Waals surface area contributed by atoms with Crippen molar-refractivity contribution in [2.45, 2.75) is 32.3 Å². The van der Waals surface area contributed by atoms with E-state index in [1.807, 2.05) is 0 Å². The number of halogens is 1. The number of anilines is 2. The molecule has 0 bridgehead atoms. The van der Waals surface area contributed by atoms with Gasteiger partial charge in [0, 0.05) is 31.5 Å². The van der Waals surface area contributed by atoms with E-state index in [4.69, 9.17) is 16.3 Å². The lowest BCUT2D eigenvalue weighted by Gasteiger charge is -2.31. The highest BCUT2D eigenvalue weighted by atomic mass is 35.5. The predicted molar refractivity (Wildman–Crippen MR) is 111 cm³/mol. The van der Waals surface area contributed by atoms with Crippen LogP contribution in [0.3, 0.4) is 0 Å². The third-order valence-corrected chi connectivity index (χ3v) is 4.97. The van der Waals surface area contributed by atoms with Gasteiger partial charge < -0.3 is 14.5 Å². The van der Waals surface area contributed by atoms with Crippen molar-refractivity contribution in [2.24, 2.45) is 5.92 Å². The molecular formula is C22H27ClN2O2. The van der Waals surface area contributed by atoms with Crippen LogP contribution in [0, 0.1) is 5.92 Å². The highest BCUT2D eigenvalue weighted by Gasteiger charge is 2.23. The summed E-state index contributed by atoms with van der Waals surface area (Å²) in [5, 5.41) is 0. The Morgan fingerprint density at radius 3 is 2.11 bits per heavy atom. The fourth-order valence-corrected chi connectivity index (χ4v) is 3.78. The summed E-state index contributed by atoms with van der Waals surface area (Å²) in [5.41, 5.74) is 4.62. The van der Waals surface area contributed by atoms with Crippen LogP contribution in [0.25, 0.3) is 0 Å². The molecule has 0 saturated heterocycles. The van der Waals surface area contributed by atoms with Gasteiger partial charge in [-0.15, -0.1) is 0 Å². The van der Waals surface area contributed by atoms with Gasteiger partial charge >= 0.3 is 6.09 Å². The van der Waals surface area contributed by atoms with Crippen LogP contribution in [-0.4, -0.2) is 36.7 Å². The minimum absolute atomic E-state index is 0.257. The largest absolute Gasteiger partial charge is 0.430 e. The Balaban J connectivity index is 1.80. The number of carbonyl (C=O) groups is 1. The normalized spacial score (nSPS) is 15.2. The van der Waals surface area contributed by atoms with E-state index >= 15 is 0 Å². The number of hydrogen-bond acceptors (Lipinski definition) is 3. The number of aryl methyl sites for hydroxylation is 2. The topological polar surface area (TPSA) is 32.8 Å². The number of benzene rings is 2. The van der Waals surface area contributed by atoms with Crippen molar-refractivity contribution < 1.29 is 9.53 Å². The zero-order valence-electron chi connectivity index (χ0n) is 16.2. The Hall–Kier alpha value is -2.20. The third-order valence-electron chi connectivity index (χ3n) is 4.88. The number of alkyl halides is 1. The van der Waals surface area contributed by atoms with Gasteiger partial charge in [0.1, 0.15) is 0 Å². The van der Waals surface area contributed by atoms with E-state index in [1.165, 1.54) is 22.5 Å². The first-order valence-electron chi connectivity index (χ1n) is 9.45. The van der Waals surface area contributed by atoms with Crippen molar-refractivity contribution in [3.05, 3.63) is 59.7 Å². The maximum Gasteiger partial charge on any atom is 0.410 e. The van der Waals surface area contributed by atoms with E-state index in [9.17, 15) is 4.79 Å². The summed E-state index contributed by atoms with van der Waals surface area (Å²) in [7, 11) is 1.75. The molecule has 2 aromatic rings. The SMILES string of the molecule is CC(CN(C)C(=O)OC(C)Cl)CN1c2ccccc2CCc2ccccc21. The fourth-order valence-electron chi connectivity index (χ4n) is 3.71. The second-order valence-electron chi connectivity index (χ2n) is 7.28. The molecule has 0 spiro atoms. The molecule has 144 valence electrons. The summed E-state index contributed by atoms with van der Waals surface area (Å²) in [5.74, 6) is 0.257. The van der Waals surface area contributed by atoms with Gasteiger partial charge in [-0.2, -0.15) is 0 Å². The molecule has 0 fully saturated rings. The van der Waals surface area contributed by atoms with Gasteiger partial charge in [0.15, 0.2) is 5.56 Å². The van der Waals surface area contributed by atoms with E-state index in [0.717, 1.165) is 19.4 Å². The lowest BCUT2D eigenvalue weighted by Crippen LogP contribution is -2.36. The van der Waals surface area contributed by atoms with Crippen molar-refractivity contribution in [1.29, 1.82) is 0 Å². The van der Waals surface area contributed by atoms with Gasteiger partial charge in [-0.1, -0.05) is 54.9 Å². The summed E-state index contributed by atoms with van der Waals surface area (Å²) in [6.45, 7) is 5.22. The van der Waals surface area contributed by atoms with Crippen molar-refractivity contribution in [2.75, 3.05) is 25.0 Å². The molecule has 1 heterocycles. The van der Waals surface area contributed by atoms with Gasteiger partial charge in [0.05, 0.1) is 0 Å². The average Bonchev–Trinajstić information content (AvgIpc) is 2.79. The number of hydrogen-bond donors (Lipinski definition) is 0. The first kappa shape index (κ1) is 19.6. The average molecular weight is 387 g/mol. The number of carbonyl (C=O) groups excluding carboxylic acids is 1. The van der Waals surface area contributed by atoms with Crippen molar-refractivity contribution in [3.63, 3.8) is 0 Å². The number of fused-ring (bicyclic) bond motifs is 2. The number of ether oxygens (including phenoxy) is 1. The molecule has 2 aromatic carbocycles. The standard InChI is InChI=1S/C22H27ClN2O2/c1-16(14-24(3)22(26)27-17(2)23)15-25-20-10-6-4-8-18(20)12-13-19-9-5-7-11-21(19)25/h4-11,16-17H,12-15H2,1-3H3. The lowest BCUT2D eigenvalue weighted by atomic mass is 10.0. The number of amides is 1. The molecule has 0 radical (unpaired) electrons. The van der Waals surface area contributed by atoms with Crippen LogP contribution >= 0.6 is 11.6 Å². The van der Waals surface area contributed by atoms with Crippen LogP contribution in [0.15, 0.2) is 48.5 Å². The molecule has 1 aliphatic rings. The molecule has 3 rings (SSSR count). The monoisotopic (exact) mass is 386 g/mol. The molecule has 0 N–H and O–H groups in total. The second-order valence-corrected chi connectivity index (χ2v) is 7.90. The maximum absolute atomic E-state index is 12.0. The van der Waals surface area contributed by atoms with Crippen molar-refractivity contribution in [1.82, 2.24) is 4.90 Å². The summed E-state index contributed by atoms with van der Waals surface area (Å²) >= 11 is 5.76. The molecule has 27 heavy (non-hydrogen) atoms. The Morgan fingerprint density at radius 1 is 1.07 bits per heavy atom. The van der Waals surface area contributed by atoms with Gasteiger partial charge in [0.2, 0.25) is 0 Å². The van der Waals surface area contributed by atoms with Crippen LogP contribution in [0.1, 0.15) is 25.0 Å². The Labute approximate surface area is 166 Å². The van der Waals surface area contributed by atoms with E-state index in [-0.39, 0.29) is 12.0 Å². The minimum Gasteiger partial charge on any atom is -0.430 e. The molecular weight excluding hydrogens is 360 g/mol. The van der Waals surface area contributed by atoms with E-state index in [2.05, 4.69) is 60.4 Å². The van der Waals surface area contributed by atoms with Gasteiger partial charge in [-0.05, 0) is 48.9 Å². The number of rotatable bonds is 5. The Kier molecular flexibility index (Phi) is 6.27. The van der Waals surface area contributed by atoms with Gasteiger partial charge in [0.25, 0.3) is 0 Å².